The number of aryl methyl sites for hydroxylation is 1. The molecule has 0 fully saturated rings. The molecule has 0 saturated carbocycles. The number of hydrogen-bond donors (Lipinski definition) is 2. The second kappa shape index (κ2) is 11.1. The normalized spacial score (nSPS) is 11.3. The summed E-state index contributed by atoms with van der Waals surface area (Å²) < 4.78 is 14.1. The van der Waals surface area contributed by atoms with Crippen LogP contribution < -0.4 is 5.32 Å². The standard InChI is InChI=1S/C24H21FN2O3.Na/c1-15(18-11-12-21(25)20-7-3-2-6-19(18)20)24(30)27-22-13-16(14-26)9-10-17(22)5-4-8-23(28)29;/h2-3,6-7,9-13,15H,4-5,8H2,1H3,(H,27,30)(H,28,29);. The van der Waals surface area contributed by atoms with Crippen molar-refractivity contribution in [1.29, 1.82) is 5.26 Å². The predicted octanol–water partition coefficient (Wildman–Crippen LogP) is 4.62. The Morgan fingerprint density at radius 2 is 1.84 bits per heavy atom. The monoisotopic (exact) mass is 427 g/mol. The molecule has 7 heteroatoms. The first-order valence-corrected chi connectivity index (χ1v) is 9.63. The minimum atomic E-state index is -0.883. The topological polar surface area (TPSA) is 90.2 Å². The van der Waals surface area contributed by atoms with Gasteiger partial charge in [0.05, 0.1) is 17.6 Å². The number of carboxylic acids is 1. The van der Waals surface area contributed by atoms with Crippen LogP contribution in [-0.2, 0) is 16.0 Å². The van der Waals surface area contributed by atoms with E-state index in [-0.39, 0.29) is 47.7 Å². The largest absolute Gasteiger partial charge is 0.481 e. The Kier molecular flexibility index (Phi) is 8.76. The number of nitriles is 1. The van der Waals surface area contributed by atoms with Gasteiger partial charge >= 0.3 is 5.97 Å². The molecule has 0 aliphatic rings. The van der Waals surface area contributed by atoms with Crippen LogP contribution in [0.5, 0.6) is 0 Å². The summed E-state index contributed by atoms with van der Waals surface area (Å²) in [5.41, 5.74) is 2.35. The molecule has 0 spiro atoms. The molecule has 3 aromatic carbocycles. The fraction of sp³-hybridized carbons (Fsp3) is 0.208. The maximum atomic E-state index is 14.1. The van der Waals surface area contributed by atoms with Gasteiger partial charge in [0, 0.05) is 47.1 Å². The molecular formula is C24H21FN2NaO3. The van der Waals surface area contributed by atoms with Crippen LogP contribution in [0.15, 0.2) is 54.6 Å². The zero-order valence-electron chi connectivity index (χ0n) is 17.5. The number of carbonyl (C=O) groups excluding carboxylic acids is 1. The molecule has 1 atom stereocenters. The Morgan fingerprint density at radius 3 is 2.52 bits per heavy atom. The number of benzene rings is 3. The SMILES string of the molecule is CC(C(=O)Nc1cc(C#N)ccc1CCCC(=O)O)c1ccc(F)c2ccccc12.[Na]. The molecule has 5 nitrogen and oxygen atoms in total. The van der Waals surface area contributed by atoms with Gasteiger partial charge in [-0.3, -0.25) is 9.59 Å². The maximum absolute atomic E-state index is 14.1. The van der Waals surface area contributed by atoms with Gasteiger partial charge in [0.15, 0.2) is 0 Å². The second-order valence-electron chi connectivity index (χ2n) is 7.12. The van der Waals surface area contributed by atoms with E-state index in [0.717, 1.165) is 5.56 Å². The van der Waals surface area contributed by atoms with E-state index in [1.165, 1.54) is 6.07 Å². The molecule has 2 N–H and O–H groups in total. The number of carboxylic acid groups (broad SMARTS) is 1. The molecule has 1 unspecified atom stereocenters. The molecular weight excluding hydrogens is 406 g/mol. The van der Waals surface area contributed by atoms with Gasteiger partial charge in [-0.15, -0.1) is 0 Å². The zero-order chi connectivity index (χ0) is 21.7. The molecule has 0 aromatic heterocycles. The molecule has 0 heterocycles. The Bertz CT molecular complexity index is 1160. The number of nitrogens with one attached hydrogen (secondary N) is 1. The van der Waals surface area contributed by atoms with Gasteiger partial charge in [0.1, 0.15) is 5.82 Å². The average molecular weight is 427 g/mol. The summed E-state index contributed by atoms with van der Waals surface area (Å²) in [7, 11) is 0. The number of hydrogen-bond acceptors (Lipinski definition) is 3. The summed E-state index contributed by atoms with van der Waals surface area (Å²) in [6.45, 7) is 1.74. The first kappa shape index (κ1) is 24.5. The number of fused-ring (bicyclic) bond motifs is 1. The zero-order valence-corrected chi connectivity index (χ0v) is 19.5. The van der Waals surface area contributed by atoms with Crippen molar-refractivity contribution in [2.75, 3.05) is 5.32 Å². The predicted molar refractivity (Wildman–Crippen MR) is 118 cm³/mol. The Balaban J connectivity index is 0.00000341. The molecule has 153 valence electrons. The smallest absolute Gasteiger partial charge is 0.303 e. The van der Waals surface area contributed by atoms with E-state index >= 15 is 0 Å². The van der Waals surface area contributed by atoms with Crippen molar-refractivity contribution in [1.82, 2.24) is 0 Å². The van der Waals surface area contributed by atoms with Gasteiger partial charge < -0.3 is 10.4 Å². The van der Waals surface area contributed by atoms with Crippen molar-refractivity contribution in [3.05, 3.63) is 77.1 Å². The third-order valence-electron chi connectivity index (χ3n) is 5.10. The Morgan fingerprint density at radius 1 is 1.13 bits per heavy atom. The number of rotatable bonds is 7. The van der Waals surface area contributed by atoms with Gasteiger partial charge in [-0.2, -0.15) is 5.26 Å². The van der Waals surface area contributed by atoms with Crippen molar-refractivity contribution >= 4 is 57.9 Å². The first-order valence-electron chi connectivity index (χ1n) is 9.63. The molecule has 0 aliphatic carbocycles. The summed E-state index contributed by atoms with van der Waals surface area (Å²) in [5.74, 6) is -2.08. The van der Waals surface area contributed by atoms with Gasteiger partial charge in [-0.05, 0) is 54.5 Å². The third-order valence-corrected chi connectivity index (χ3v) is 5.10. The van der Waals surface area contributed by atoms with Crippen LogP contribution in [0.3, 0.4) is 0 Å². The van der Waals surface area contributed by atoms with Crippen LogP contribution in [0.25, 0.3) is 10.8 Å². The molecule has 3 rings (SSSR count). The summed E-state index contributed by atoms with van der Waals surface area (Å²) >= 11 is 0. The number of amides is 1. The molecule has 31 heavy (non-hydrogen) atoms. The van der Waals surface area contributed by atoms with Gasteiger partial charge in [-0.1, -0.05) is 36.4 Å². The van der Waals surface area contributed by atoms with E-state index in [4.69, 9.17) is 5.11 Å². The minimum absolute atomic E-state index is 0. The maximum Gasteiger partial charge on any atom is 0.303 e. The summed E-state index contributed by atoms with van der Waals surface area (Å²) in [5, 5.41) is 22.0. The molecule has 1 radical (unpaired) electrons. The van der Waals surface area contributed by atoms with Crippen LogP contribution in [0, 0.1) is 17.1 Å². The summed E-state index contributed by atoms with van der Waals surface area (Å²) in [6, 6.07) is 17.0. The third kappa shape index (κ3) is 5.92. The summed E-state index contributed by atoms with van der Waals surface area (Å²) in [4.78, 5) is 23.8. The van der Waals surface area contributed by atoms with Crippen molar-refractivity contribution in [2.45, 2.75) is 32.1 Å². The van der Waals surface area contributed by atoms with Crippen LogP contribution in [0.2, 0.25) is 0 Å². The van der Waals surface area contributed by atoms with Crippen LogP contribution in [-0.4, -0.2) is 46.5 Å². The van der Waals surface area contributed by atoms with E-state index in [1.807, 2.05) is 6.07 Å². The number of carbonyl (C=O) groups is 2. The number of anilines is 1. The van der Waals surface area contributed by atoms with Crippen molar-refractivity contribution in [3.63, 3.8) is 0 Å². The van der Waals surface area contributed by atoms with Crippen molar-refractivity contribution < 1.29 is 19.1 Å². The van der Waals surface area contributed by atoms with E-state index < -0.39 is 11.9 Å². The second-order valence-corrected chi connectivity index (χ2v) is 7.12. The minimum Gasteiger partial charge on any atom is -0.481 e. The number of nitrogens with zero attached hydrogens (tertiary/aromatic N) is 1. The molecule has 3 aromatic rings. The number of halogens is 1. The fourth-order valence-corrected chi connectivity index (χ4v) is 3.46. The quantitative estimate of drug-likeness (QED) is 0.539. The average Bonchev–Trinajstić information content (AvgIpc) is 2.74. The van der Waals surface area contributed by atoms with E-state index in [9.17, 15) is 19.2 Å². The van der Waals surface area contributed by atoms with Gasteiger partial charge in [0.2, 0.25) is 5.91 Å². The van der Waals surface area contributed by atoms with Crippen molar-refractivity contribution in [2.24, 2.45) is 0 Å². The Labute approximate surface area is 202 Å². The van der Waals surface area contributed by atoms with E-state index in [2.05, 4.69) is 5.32 Å². The molecule has 0 saturated heterocycles. The fourth-order valence-electron chi connectivity index (χ4n) is 3.46. The molecule has 1 amide bonds. The Hall–Kier alpha value is -2.72. The van der Waals surface area contributed by atoms with Crippen LogP contribution >= 0.6 is 0 Å². The summed E-state index contributed by atoms with van der Waals surface area (Å²) in [6.07, 6.45) is 0.898. The van der Waals surface area contributed by atoms with Crippen LogP contribution in [0.1, 0.15) is 42.4 Å². The van der Waals surface area contributed by atoms with E-state index in [1.54, 1.807) is 55.5 Å². The van der Waals surface area contributed by atoms with Gasteiger partial charge in [-0.25, -0.2) is 4.39 Å². The van der Waals surface area contributed by atoms with Crippen LogP contribution in [0.4, 0.5) is 10.1 Å². The molecule has 0 aliphatic heterocycles. The van der Waals surface area contributed by atoms with E-state index in [0.29, 0.717) is 40.4 Å². The number of aliphatic carboxylic acids is 1. The van der Waals surface area contributed by atoms with Gasteiger partial charge in [0.25, 0.3) is 0 Å². The van der Waals surface area contributed by atoms with Crippen molar-refractivity contribution in [3.8, 4) is 6.07 Å². The molecule has 0 bridgehead atoms. The first-order chi connectivity index (χ1) is 14.4.